The van der Waals surface area contributed by atoms with Crippen molar-refractivity contribution in [1.29, 1.82) is 0 Å². The van der Waals surface area contributed by atoms with E-state index in [9.17, 15) is 14.4 Å². The summed E-state index contributed by atoms with van der Waals surface area (Å²) in [4.78, 5) is 36.4. The second kappa shape index (κ2) is 4.25. The molecule has 1 aliphatic heterocycles. The van der Waals surface area contributed by atoms with Gasteiger partial charge in [-0.3, -0.25) is 19.3 Å². The van der Waals surface area contributed by atoms with E-state index in [2.05, 4.69) is 5.32 Å². The van der Waals surface area contributed by atoms with Gasteiger partial charge in [0.25, 0.3) is 11.8 Å². The lowest BCUT2D eigenvalue weighted by molar-refractivity contribution is -0.118. The van der Waals surface area contributed by atoms with Crippen molar-refractivity contribution in [3.8, 4) is 0 Å². The maximum absolute atomic E-state index is 11.9. The molecule has 1 heterocycles. The van der Waals surface area contributed by atoms with Crippen LogP contribution in [-0.2, 0) is 4.79 Å². The van der Waals surface area contributed by atoms with Crippen LogP contribution >= 0.6 is 0 Å². The predicted molar refractivity (Wildman–Crippen MR) is 66.3 cm³/mol. The van der Waals surface area contributed by atoms with Gasteiger partial charge in [-0.1, -0.05) is 19.9 Å². The minimum absolute atomic E-state index is 0.182. The van der Waals surface area contributed by atoms with Gasteiger partial charge in [-0.2, -0.15) is 0 Å². The maximum atomic E-state index is 11.9. The summed E-state index contributed by atoms with van der Waals surface area (Å²) in [7, 11) is 1.43. The predicted octanol–water partition coefficient (Wildman–Crippen LogP) is 1.51. The summed E-state index contributed by atoms with van der Waals surface area (Å²) in [6.45, 7) is 3.52. The highest BCUT2D eigenvalue weighted by Crippen LogP contribution is 2.28. The summed E-state index contributed by atoms with van der Waals surface area (Å²) in [5.74, 6) is -1.09. The normalized spacial score (nSPS) is 14.1. The lowest BCUT2D eigenvalue weighted by atomic mass is 10.1. The Kier molecular flexibility index (Phi) is 2.90. The van der Waals surface area contributed by atoms with Gasteiger partial charge in [-0.25, -0.2) is 0 Å². The van der Waals surface area contributed by atoms with Crippen molar-refractivity contribution in [2.45, 2.75) is 13.8 Å². The number of fused-ring (bicyclic) bond motifs is 1. The van der Waals surface area contributed by atoms with Crippen LogP contribution in [0, 0.1) is 5.92 Å². The van der Waals surface area contributed by atoms with Crippen LogP contribution in [0.2, 0.25) is 0 Å². The summed E-state index contributed by atoms with van der Waals surface area (Å²) in [5.41, 5.74) is 1.01. The molecule has 0 spiro atoms. The Morgan fingerprint density at radius 1 is 1.22 bits per heavy atom. The molecule has 5 heteroatoms. The van der Waals surface area contributed by atoms with E-state index in [1.54, 1.807) is 32.0 Å². The van der Waals surface area contributed by atoms with Gasteiger partial charge in [-0.05, 0) is 12.1 Å². The molecule has 0 saturated carbocycles. The molecule has 0 unspecified atom stereocenters. The summed E-state index contributed by atoms with van der Waals surface area (Å²) in [6.07, 6.45) is 0. The van der Waals surface area contributed by atoms with Gasteiger partial charge in [0.2, 0.25) is 5.91 Å². The van der Waals surface area contributed by atoms with Crippen LogP contribution < -0.4 is 5.32 Å². The Balaban J connectivity index is 2.45. The van der Waals surface area contributed by atoms with Crippen LogP contribution in [0.25, 0.3) is 0 Å². The second-order valence-electron chi connectivity index (χ2n) is 4.54. The number of anilines is 1. The number of carbonyl (C=O) groups excluding carboxylic acids is 3. The lowest BCUT2D eigenvalue weighted by Crippen LogP contribution is -2.25. The summed E-state index contributed by atoms with van der Waals surface area (Å²) >= 11 is 0. The number of hydrogen-bond donors (Lipinski definition) is 1. The molecule has 3 amide bonds. The third kappa shape index (κ3) is 1.77. The zero-order chi connectivity index (χ0) is 13.4. The smallest absolute Gasteiger partial charge is 0.263 e. The van der Waals surface area contributed by atoms with Gasteiger partial charge in [-0.15, -0.1) is 0 Å². The Labute approximate surface area is 105 Å². The van der Waals surface area contributed by atoms with Gasteiger partial charge >= 0.3 is 0 Å². The number of benzene rings is 1. The molecule has 0 aromatic heterocycles. The molecule has 0 saturated heterocycles. The number of carbonyl (C=O) groups is 3. The minimum Gasteiger partial charge on any atom is -0.325 e. The van der Waals surface area contributed by atoms with Crippen molar-refractivity contribution >= 4 is 23.4 Å². The average Bonchev–Trinajstić information content (AvgIpc) is 2.55. The molecule has 0 fully saturated rings. The SMILES string of the molecule is CC(C)C(=O)Nc1cccc2c1C(=O)N(C)C2=O. The van der Waals surface area contributed by atoms with Crippen molar-refractivity contribution in [3.05, 3.63) is 29.3 Å². The molecule has 0 aliphatic carbocycles. The molecule has 0 atom stereocenters. The van der Waals surface area contributed by atoms with E-state index in [0.29, 0.717) is 11.3 Å². The van der Waals surface area contributed by atoms with Gasteiger partial charge in [0.05, 0.1) is 16.8 Å². The number of nitrogens with zero attached hydrogens (tertiary/aromatic N) is 1. The van der Waals surface area contributed by atoms with Crippen LogP contribution in [0.1, 0.15) is 34.6 Å². The fraction of sp³-hybridized carbons (Fsp3) is 0.308. The third-order valence-corrected chi connectivity index (χ3v) is 2.90. The van der Waals surface area contributed by atoms with Crippen molar-refractivity contribution in [2.75, 3.05) is 12.4 Å². The number of imide groups is 1. The first kappa shape index (κ1) is 12.3. The van der Waals surface area contributed by atoms with E-state index in [-0.39, 0.29) is 29.2 Å². The van der Waals surface area contributed by atoms with Gasteiger partial charge in [0.15, 0.2) is 0 Å². The molecule has 1 aliphatic rings. The molecule has 18 heavy (non-hydrogen) atoms. The number of hydrogen-bond acceptors (Lipinski definition) is 3. The molecule has 0 bridgehead atoms. The number of rotatable bonds is 2. The van der Waals surface area contributed by atoms with Crippen LogP contribution in [0.15, 0.2) is 18.2 Å². The number of nitrogens with one attached hydrogen (secondary N) is 1. The van der Waals surface area contributed by atoms with Crippen molar-refractivity contribution in [3.63, 3.8) is 0 Å². The Morgan fingerprint density at radius 3 is 2.50 bits per heavy atom. The summed E-state index contributed by atoms with van der Waals surface area (Å²) < 4.78 is 0. The zero-order valence-electron chi connectivity index (χ0n) is 10.5. The molecule has 1 N–H and O–H groups in total. The second-order valence-corrected chi connectivity index (χ2v) is 4.54. The Hall–Kier alpha value is -2.17. The summed E-state index contributed by atoms with van der Waals surface area (Å²) in [6, 6.07) is 4.87. The minimum atomic E-state index is -0.380. The highest BCUT2D eigenvalue weighted by molar-refractivity contribution is 6.24. The van der Waals surface area contributed by atoms with Crippen LogP contribution in [0.4, 0.5) is 5.69 Å². The van der Waals surface area contributed by atoms with Gasteiger partial charge in [0, 0.05) is 13.0 Å². The van der Waals surface area contributed by atoms with E-state index < -0.39 is 0 Å². The van der Waals surface area contributed by atoms with Crippen molar-refractivity contribution < 1.29 is 14.4 Å². The Morgan fingerprint density at radius 2 is 1.89 bits per heavy atom. The van der Waals surface area contributed by atoms with Crippen LogP contribution in [0.3, 0.4) is 0 Å². The molecule has 1 aromatic rings. The van der Waals surface area contributed by atoms with E-state index >= 15 is 0 Å². The van der Waals surface area contributed by atoms with E-state index in [1.807, 2.05) is 0 Å². The van der Waals surface area contributed by atoms with E-state index in [1.165, 1.54) is 7.05 Å². The first-order chi connectivity index (χ1) is 8.43. The fourth-order valence-corrected chi connectivity index (χ4v) is 1.78. The summed E-state index contributed by atoms with van der Waals surface area (Å²) in [5, 5.41) is 2.67. The van der Waals surface area contributed by atoms with E-state index in [0.717, 1.165) is 4.90 Å². The van der Waals surface area contributed by atoms with Gasteiger partial charge < -0.3 is 5.32 Å². The first-order valence-corrected chi connectivity index (χ1v) is 5.69. The highest BCUT2D eigenvalue weighted by atomic mass is 16.2. The maximum Gasteiger partial charge on any atom is 0.263 e. The van der Waals surface area contributed by atoms with E-state index in [4.69, 9.17) is 0 Å². The van der Waals surface area contributed by atoms with Crippen molar-refractivity contribution in [1.82, 2.24) is 4.90 Å². The topological polar surface area (TPSA) is 66.5 Å². The molecule has 1 aromatic carbocycles. The van der Waals surface area contributed by atoms with Crippen LogP contribution in [0.5, 0.6) is 0 Å². The lowest BCUT2D eigenvalue weighted by Gasteiger charge is -2.10. The quantitative estimate of drug-likeness (QED) is 0.804. The fourth-order valence-electron chi connectivity index (χ4n) is 1.78. The third-order valence-electron chi connectivity index (χ3n) is 2.90. The standard InChI is InChI=1S/C13H14N2O3/c1-7(2)11(16)14-9-6-4-5-8-10(9)13(18)15(3)12(8)17/h4-7H,1-3H3,(H,14,16). The van der Waals surface area contributed by atoms with Crippen LogP contribution in [-0.4, -0.2) is 29.7 Å². The Bertz CT molecular complexity index is 549. The molecule has 0 radical (unpaired) electrons. The molecule has 5 nitrogen and oxygen atoms in total. The highest BCUT2D eigenvalue weighted by Gasteiger charge is 2.35. The zero-order valence-corrected chi connectivity index (χ0v) is 10.5. The monoisotopic (exact) mass is 246 g/mol. The number of amides is 3. The largest absolute Gasteiger partial charge is 0.325 e. The van der Waals surface area contributed by atoms with Gasteiger partial charge in [0.1, 0.15) is 0 Å². The first-order valence-electron chi connectivity index (χ1n) is 5.69. The molecular weight excluding hydrogens is 232 g/mol. The molecule has 2 rings (SSSR count). The molecule has 94 valence electrons. The van der Waals surface area contributed by atoms with Crippen molar-refractivity contribution in [2.24, 2.45) is 5.92 Å². The average molecular weight is 246 g/mol. The molecular formula is C13H14N2O3.